The molecule has 0 amide bonds. The Morgan fingerprint density at radius 1 is 1.24 bits per heavy atom. The molecule has 2 fully saturated rings. The second kappa shape index (κ2) is 6.34. The Bertz CT molecular complexity index is 479. The van der Waals surface area contributed by atoms with Crippen LogP contribution in [0.3, 0.4) is 0 Å². The smallest absolute Gasteiger partial charge is 0.170 e. The molecule has 2 aliphatic heterocycles. The van der Waals surface area contributed by atoms with Crippen LogP contribution in [0, 0.1) is 0 Å². The minimum Gasteiger partial charge on any atom is -0.347 e. The lowest BCUT2D eigenvalue weighted by Crippen LogP contribution is -2.49. The predicted molar refractivity (Wildman–Crippen MR) is 86.0 cm³/mol. The molecule has 0 radical (unpaired) electrons. The fourth-order valence-corrected chi connectivity index (χ4v) is 3.88. The van der Waals surface area contributed by atoms with Crippen molar-refractivity contribution in [2.75, 3.05) is 26.3 Å². The van der Waals surface area contributed by atoms with E-state index < -0.39 is 0 Å². The van der Waals surface area contributed by atoms with Crippen molar-refractivity contribution in [2.24, 2.45) is 5.73 Å². The first-order valence-electron chi connectivity index (χ1n) is 7.63. The number of hydrogen-bond acceptors (Lipinski definition) is 4. The first-order valence-corrected chi connectivity index (χ1v) is 8.42. The van der Waals surface area contributed by atoms with Crippen LogP contribution in [-0.2, 0) is 9.47 Å². The third-order valence-corrected chi connectivity index (χ3v) is 4.95. The Labute approximate surface area is 134 Å². The fraction of sp³-hybridized carbons (Fsp3) is 0.625. The first-order chi connectivity index (χ1) is 10.1. The van der Waals surface area contributed by atoms with Crippen molar-refractivity contribution in [2.45, 2.75) is 37.6 Å². The van der Waals surface area contributed by atoms with E-state index in [4.69, 9.17) is 15.2 Å². The molecular weight excluding hydrogens is 332 g/mol. The molecule has 0 aliphatic carbocycles. The molecule has 5 heteroatoms. The Kier molecular flexibility index (Phi) is 4.66. The fourth-order valence-electron chi connectivity index (χ4n) is 3.47. The highest BCUT2D eigenvalue weighted by atomic mass is 79.9. The van der Waals surface area contributed by atoms with Gasteiger partial charge in [0.1, 0.15) is 0 Å². The molecule has 1 aromatic rings. The van der Waals surface area contributed by atoms with Gasteiger partial charge >= 0.3 is 0 Å². The normalized spacial score (nSPS) is 25.1. The lowest BCUT2D eigenvalue weighted by Gasteiger charge is -2.42. The van der Waals surface area contributed by atoms with Crippen molar-refractivity contribution >= 4 is 15.9 Å². The molecule has 1 spiro atoms. The summed E-state index contributed by atoms with van der Waals surface area (Å²) in [5.74, 6) is -0.323. The summed E-state index contributed by atoms with van der Waals surface area (Å²) in [5, 5.41) is 0. The highest BCUT2D eigenvalue weighted by molar-refractivity contribution is 9.10. The van der Waals surface area contributed by atoms with Gasteiger partial charge in [0.05, 0.1) is 13.2 Å². The monoisotopic (exact) mass is 354 g/mol. The lowest BCUT2D eigenvalue weighted by atomic mass is 9.95. The lowest BCUT2D eigenvalue weighted by molar-refractivity contribution is -0.188. The van der Waals surface area contributed by atoms with Crippen LogP contribution in [0.15, 0.2) is 28.7 Å². The van der Waals surface area contributed by atoms with Crippen LogP contribution in [-0.4, -0.2) is 43.0 Å². The van der Waals surface area contributed by atoms with E-state index in [0.717, 1.165) is 43.6 Å². The van der Waals surface area contributed by atoms with Gasteiger partial charge in [-0.3, -0.25) is 4.90 Å². The van der Waals surface area contributed by atoms with E-state index in [0.29, 0.717) is 0 Å². The van der Waals surface area contributed by atoms with Gasteiger partial charge in [0.25, 0.3) is 0 Å². The number of piperidine rings is 1. The SMILES string of the molecule is CC(N)C(c1cccc(Br)c1)N1CCC2(CC1)OCCO2. The van der Waals surface area contributed by atoms with Crippen LogP contribution in [0.25, 0.3) is 0 Å². The molecule has 2 unspecified atom stereocenters. The molecule has 0 aromatic heterocycles. The Hall–Kier alpha value is -0.460. The second-order valence-electron chi connectivity index (χ2n) is 6.00. The van der Waals surface area contributed by atoms with Crippen molar-refractivity contribution in [1.82, 2.24) is 4.90 Å². The molecular formula is C16H23BrN2O2. The summed E-state index contributed by atoms with van der Waals surface area (Å²) in [6, 6.07) is 8.77. The Morgan fingerprint density at radius 2 is 1.90 bits per heavy atom. The maximum atomic E-state index is 6.28. The number of halogens is 1. The highest BCUT2D eigenvalue weighted by Crippen LogP contribution is 2.35. The van der Waals surface area contributed by atoms with Crippen molar-refractivity contribution in [3.05, 3.63) is 34.3 Å². The predicted octanol–water partition coefficient (Wildman–Crippen LogP) is 2.68. The van der Waals surface area contributed by atoms with E-state index in [2.05, 4.69) is 46.0 Å². The number of benzene rings is 1. The quantitative estimate of drug-likeness (QED) is 0.906. The number of hydrogen-bond donors (Lipinski definition) is 1. The number of ether oxygens (including phenoxy) is 2. The van der Waals surface area contributed by atoms with E-state index >= 15 is 0 Å². The zero-order valence-electron chi connectivity index (χ0n) is 12.4. The molecule has 2 N–H and O–H groups in total. The van der Waals surface area contributed by atoms with E-state index in [1.54, 1.807) is 0 Å². The van der Waals surface area contributed by atoms with Crippen LogP contribution >= 0.6 is 15.9 Å². The standard InChI is InChI=1S/C16H23BrN2O2/c1-12(18)15(13-3-2-4-14(17)11-13)19-7-5-16(6-8-19)20-9-10-21-16/h2-4,11-12,15H,5-10,18H2,1H3. The maximum Gasteiger partial charge on any atom is 0.170 e. The van der Waals surface area contributed by atoms with Crippen molar-refractivity contribution in [1.29, 1.82) is 0 Å². The molecule has 2 aliphatic rings. The molecule has 0 saturated carbocycles. The van der Waals surface area contributed by atoms with E-state index in [-0.39, 0.29) is 17.9 Å². The molecule has 0 bridgehead atoms. The van der Waals surface area contributed by atoms with Crippen molar-refractivity contribution in [3.63, 3.8) is 0 Å². The molecule has 116 valence electrons. The molecule has 4 nitrogen and oxygen atoms in total. The van der Waals surface area contributed by atoms with Gasteiger partial charge in [0.2, 0.25) is 0 Å². The average Bonchev–Trinajstić information content (AvgIpc) is 2.90. The van der Waals surface area contributed by atoms with Crippen LogP contribution in [0.1, 0.15) is 31.4 Å². The maximum absolute atomic E-state index is 6.28. The highest BCUT2D eigenvalue weighted by Gasteiger charge is 2.41. The molecule has 3 rings (SSSR count). The van der Waals surface area contributed by atoms with Crippen LogP contribution in [0.2, 0.25) is 0 Å². The summed E-state index contributed by atoms with van der Waals surface area (Å²) >= 11 is 3.55. The zero-order valence-corrected chi connectivity index (χ0v) is 14.0. The molecule has 2 heterocycles. The van der Waals surface area contributed by atoms with Gasteiger partial charge in [-0.05, 0) is 24.6 Å². The van der Waals surface area contributed by atoms with Crippen LogP contribution in [0.5, 0.6) is 0 Å². The van der Waals surface area contributed by atoms with Gasteiger partial charge in [-0.15, -0.1) is 0 Å². The summed E-state index contributed by atoms with van der Waals surface area (Å²) in [6.45, 7) is 5.45. The van der Waals surface area contributed by atoms with Gasteiger partial charge in [-0.1, -0.05) is 28.1 Å². The van der Waals surface area contributed by atoms with Gasteiger partial charge in [-0.2, -0.15) is 0 Å². The molecule has 21 heavy (non-hydrogen) atoms. The summed E-state index contributed by atoms with van der Waals surface area (Å²) < 4.78 is 12.7. The summed E-state index contributed by atoms with van der Waals surface area (Å²) in [6.07, 6.45) is 1.84. The number of rotatable bonds is 3. The van der Waals surface area contributed by atoms with Crippen molar-refractivity contribution in [3.8, 4) is 0 Å². The summed E-state index contributed by atoms with van der Waals surface area (Å²) in [7, 11) is 0. The summed E-state index contributed by atoms with van der Waals surface area (Å²) in [5.41, 5.74) is 7.54. The van der Waals surface area contributed by atoms with Gasteiger partial charge in [0, 0.05) is 42.5 Å². The number of likely N-dealkylation sites (tertiary alicyclic amines) is 1. The topological polar surface area (TPSA) is 47.7 Å². The van der Waals surface area contributed by atoms with Gasteiger partial charge in [-0.25, -0.2) is 0 Å². The van der Waals surface area contributed by atoms with E-state index in [9.17, 15) is 0 Å². The van der Waals surface area contributed by atoms with E-state index in [1.165, 1.54) is 5.56 Å². The molecule has 2 atom stereocenters. The molecule has 2 saturated heterocycles. The number of nitrogens with two attached hydrogens (primary N) is 1. The minimum atomic E-state index is -0.323. The van der Waals surface area contributed by atoms with Crippen LogP contribution < -0.4 is 5.73 Å². The average molecular weight is 355 g/mol. The Balaban J connectivity index is 1.74. The van der Waals surface area contributed by atoms with Gasteiger partial charge in [0.15, 0.2) is 5.79 Å². The van der Waals surface area contributed by atoms with Crippen molar-refractivity contribution < 1.29 is 9.47 Å². The second-order valence-corrected chi connectivity index (χ2v) is 6.92. The summed E-state index contributed by atoms with van der Waals surface area (Å²) in [4.78, 5) is 2.46. The third kappa shape index (κ3) is 3.32. The minimum absolute atomic E-state index is 0.0822. The van der Waals surface area contributed by atoms with E-state index in [1.807, 2.05) is 6.07 Å². The Morgan fingerprint density at radius 3 is 2.48 bits per heavy atom. The number of nitrogens with zero attached hydrogens (tertiary/aromatic N) is 1. The molecule has 1 aromatic carbocycles. The first kappa shape index (κ1) is 15.4. The van der Waals surface area contributed by atoms with Crippen LogP contribution in [0.4, 0.5) is 0 Å². The zero-order chi connectivity index (χ0) is 14.9. The third-order valence-electron chi connectivity index (χ3n) is 4.46. The largest absolute Gasteiger partial charge is 0.347 e. The van der Waals surface area contributed by atoms with Gasteiger partial charge < -0.3 is 15.2 Å².